The maximum atomic E-state index is 12.7. The molecule has 32 heavy (non-hydrogen) atoms. The second kappa shape index (κ2) is 10.2. The van der Waals surface area contributed by atoms with Crippen molar-refractivity contribution in [2.24, 2.45) is 0 Å². The van der Waals surface area contributed by atoms with Crippen LogP contribution in [0.5, 0.6) is 5.75 Å². The number of methoxy groups -OCH3 is 1. The summed E-state index contributed by atoms with van der Waals surface area (Å²) in [5, 5.41) is 10.7. The molecule has 1 saturated heterocycles. The maximum absolute atomic E-state index is 12.7. The van der Waals surface area contributed by atoms with Gasteiger partial charge in [-0.15, -0.1) is 5.10 Å². The number of morpholine rings is 1. The first-order valence-electron chi connectivity index (χ1n) is 10.2. The summed E-state index contributed by atoms with van der Waals surface area (Å²) >= 11 is 7.37. The number of hydrogen-bond acceptors (Lipinski definition) is 7. The van der Waals surface area contributed by atoms with Crippen molar-refractivity contribution in [1.82, 2.24) is 15.2 Å². The van der Waals surface area contributed by atoms with Gasteiger partial charge in [-0.1, -0.05) is 23.4 Å². The third-order valence-corrected chi connectivity index (χ3v) is 6.24. The van der Waals surface area contributed by atoms with Crippen LogP contribution in [0.1, 0.15) is 6.92 Å². The first kappa shape index (κ1) is 22.4. The molecule has 168 valence electrons. The highest BCUT2D eigenvalue weighted by Crippen LogP contribution is 2.32. The van der Waals surface area contributed by atoms with Crippen molar-refractivity contribution in [3.05, 3.63) is 47.5 Å². The second-order valence-corrected chi connectivity index (χ2v) is 8.95. The van der Waals surface area contributed by atoms with Crippen LogP contribution in [0.2, 0.25) is 5.02 Å². The van der Waals surface area contributed by atoms with Gasteiger partial charge in [-0.05, 0) is 49.4 Å². The average molecular weight is 474 g/mol. The Labute approximate surface area is 195 Å². The summed E-state index contributed by atoms with van der Waals surface area (Å²) in [5.41, 5.74) is 2.58. The van der Waals surface area contributed by atoms with Gasteiger partial charge in [-0.3, -0.25) is 9.89 Å². The van der Waals surface area contributed by atoms with Gasteiger partial charge >= 0.3 is 0 Å². The van der Waals surface area contributed by atoms with E-state index in [-0.39, 0.29) is 11.2 Å². The van der Waals surface area contributed by atoms with E-state index in [2.05, 4.69) is 25.4 Å². The van der Waals surface area contributed by atoms with E-state index in [4.69, 9.17) is 21.1 Å². The minimum absolute atomic E-state index is 0.124. The van der Waals surface area contributed by atoms with Crippen molar-refractivity contribution in [3.63, 3.8) is 0 Å². The van der Waals surface area contributed by atoms with Gasteiger partial charge in [0.15, 0.2) is 5.82 Å². The predicted molar refractivity (Wildman–Crippen MR) is 127 cm³/mol. The number of anilines is 2. The van der Waals surface area contributed by atoms with E-state index in [0.29, 0.717) is 27.3 Å². The number of nitrogens with one attached hydrogen (secondary N) is 2. The van der Waals surface area contributed by atoms with E-state index in [1.807, 2.05) is 31.2 Å². The SMILES string of the molecule is COc1ccc(Cl)cc1-c1nc(S[C@@H](C)C(=O)Nc2ccc(N3CCOCC3)cc2)n[nH]1. The molecule has 1 fully saturated rings. The lowest BCUT2D eigenvalue weighted by atomic mass is 10.2. The van der Waals surface area contributed by atoms with Crippen LogP contribution in [0.25, 0.3) is 11.4 Å². The Balaban J connectivity index is 1.36. The molecule has 10 heteroatoms. The van der Waals surface area contributed by atoms with Crippen LogP contribution >= 0.6 is 23.4 Å². The molecule has 4 rings (SSSR count). The second-order valence-electron chi connectivity index (χ2n) is 7.21. The average Bonchev–Trinajstić information content (AvgIpc) is 3.28. The van der Waals surface area contributed by atoms with E-state index in [1.165, 1.54) is 11.8 Å². The number of benzene rings is 2. The number of amides is 1. The molecule has 1 aliphatic rings. The van der Waals surface area contributed by atoms with Crippen molar-refractivity contribution < 1.29 is 14.3 Å². The fourth-order valence-electron chi connectivity index (χ4n) is 3.32. The number of rotatable bonds is 7. The van der Waals surface area contributed by atoms with Gasteiger partial charge in [-0.2, -0.15) is 0 Å². The Morgan fingerprint density at radius 1 is 1.25 bits per heavy atom. The van der Waals surface area contributed by atoms with E-state index in [1.54, 1.807) is 25.3 Å². The topological polar surface area (TPSA) is 92.4 Å². The number of aromatic amines is 1. The number of carbonyl (C=O) groups excluding carboxylic acids is 1. The molecular weight excluding hydrogens is 450 g/mol. The zero-order chi connectivity index (χ0) is 22.5. The van der Waals surface area contributed by atoms with Crippen molar-refractivity contribution in [2.45, 2.75) is 17.3 Å². The first-order valence-corrected chi connectivity index (χ1v) is 11.5. The lowest BCUT2D eigenvalue weighted by Crippen LogP contribution is -2.36. The smallest absolute Gasteiger partial charge is 0.237 e. The van der Waals surface area contributed by atoms with Gasteiger partial charge in [0.1, 0.15) is 5.75 Å². The molecule has 2 aromatic carbocycles. The van der Waals surface area contributed by atoms with E-state index in [0.717, 1.165) is 37.7 Å². The lowest BCUT2D eigenvalue weighted by molar-refractivity contribution is -0.115. The number of halogens is 1. The number of aromatic nitrogens is 3. The van der Waals surface area contributed by atoms with Crippen LogP contribution in [-0.2, 0) is 9.53 Å². The minimum Gasteiger partial charge on any atom is -0.496 e. The number of H-pyrrole nitrogens is 1. The van der Waals surface area contributed by atoms with Gasteiger partial charge in [0, 0.05) is 29.5 Å². The summed E-state index contributed by atoms with van der Waals surface area (Å²) < 4.78 is 10.8. The van der Waals surface area contributed by atoms with E-state index in [9.17, 15) is 4.79 Å². The maximum Gasteiger partial charge on any atom is 0.237 e. The Kier molecular flexibility index (Phi) is 7.19. The third kappa shape index (κ3) is 5.35. The Morgan fingerprint density at radius 2 is 2.00 bits per heavy atom. The van der Waals surface area contributed by atoms with Crippen LogP contribution in [0, 0.1) is 0 Å². The third-order valence-electron chi connectivity index (χ3n) is 5.04. The number of thioether (sulfide) groups is 1. The molecule has 0 aliphatic carbocycles. The normalized spacial score (nSPS) is 14.8. The van der Waals surface area contributed by atoms with Gasteiger partial charge in [0.25, 0.3) is 0 Å². The molecule has 1 aromatic heterocycles. The van der Waals surface area contributed by atoms with Crippen LogP contribution in [0.4, 0.5) is 11.4 Å². The van der Waals surface area contributed by atoms with Gasteiger partial charge in [0.05, 0.1) is 31.1 Å². The molecule has 8 nitrogen and oxygen atoms in total. The monoisotopic (exact) mass is 473 g/mol. The molecule has 3 aromatic rings. The molecular formula is C22H24ClN5O3S. The summed E-state index contributed by atoms with van der Waals surface area (Å²) in [4.78, 5) is 19.4. The van der Waals surface area contributed by atoms with Gasteiger partial charge in [-0.25, -0.2) is 4.98 Å². The fraction of sp³-hybridized carbons (Fsp3) is 0.318. The highest BCUT2D eigenvalue weighted by molar-refractivity contribution is 8.00. The van der Waals surface area contributed by atoms with Crippen molar-refractivity contribution in [1.29, 1.82) is 0 Å². The number of hydrogen-bond donors (Lipinski definition) is 2. The molecule has 1 amide bonds. The summed E-state index contributed by atoms with van der Waals surface area (Å²) in [7, 11) is 1.58. The summed E-state index contributed by atoms with van der Waals surface area (Å²) in [6, 6.07) is 13.1. The molecule has 1 atom stereocenters. The van der Waals surface area contributed by atoms with Crippen LogP contribution < -0.4 is 15.0 Å². The van der Waals surface area contributed by atoms with Gasteiger partial charge in [0.2, 0.25) is 11.1 Å². The lowest BCUT2D eigenvalue weighted by Gasteiger charge is -2.28. The number of nitrogens with zero attached hydrogens (tertiary/aromatic N) is 3. The predicted octanol–water partition coefficient (Wildman–Crippen LogP) is 4.09. The van der Waals surface area contributed by atoms with E-state index < -0.39 is 0 Å². The molecule has 0 unspecified atom stereocenters. The minimum atomic E-state index is -0.390. The highest BCUT2D eigenvalue weighted by atomic mass is 35.5. The van der Waals surface area contributed by atoms with Crippen molar-refractivity contribution >= 4 is 40.6 Å². The largest absolute Gasteiger partial charge is 0.496 e. The summed E-state index contributed by atoms with van der Waals surface area (Å²) in [6.07, 6.45) is 0. The quantitative estimate of drug-likeness (QED) is 0.499. The molecule has 0 radical (unpaired) electrons. The fourth-order valence-corrected chi connectivity index (χ4v) is 4.21. The van der Waals surface area contributed by atoms with Crippen molar-refractivity contribution in [3.8, 4) is 17.1 Å². The number of carbonyl (C=O) groups is 1. The Morgan fingerprint density at radius 3 is 2.72 bits per heavy atom. The van der Waals surface area contributed by atoms with Crippen LogP contribution in [0.15, 0.2) is 47.6 Å². The van der Waals surface area contributed by atoms with Crippen molar-refractivity contribution in [2.75, 3.05) is 43.6 Å². The summed E-state index contributed by atoms with van der Waals surface area (Å²) in [6.45, 7) is 5.04. The first-order chi connectivity index (χ1) is 15.5. The molecule has 2 heterocycles. The van der Waals surface area contributed by atoms with Crippen LogP contribution in [0.3, 0.4) is 0 Å². The zero-order valence-electron chi connectivity index (χ0n) is 17.8. The summed E-state index contributed by atoms with van der Waals surface area (Å²) in [5.74, 6) is 1.03. The molecule has 0 bridgehead atoms. The standard InChI is InChI=1S/C22H24ClN5O3S/c1-14(21(29)24-16-4-6-17(7-5-16)28-9-11-31-12-10-28)32-22-25-20(26-27-22)18-13-15(23)3-8-19(18)30-2/h3-8,13-14H,9-12H2,1-2H3,(H,24,29)(H,25,26,27)/t14-/m0/s1. The molecule has 2 N–H and O–H groups in total. The molecule has 0 saturated carbocycles. The molecule has 0 spiro atoms. The van der Waals surface area contributed by atoms with E-state index >= 15 is 0 Å². The number of ether oxygens (including phenoxy) is 2. The Bertz CT molecular complexity index is 1070. The van der Waals surface area contributed by atoms with Gasteiger partial charge < -0.3 is 19.7 Å². The molecule has 1 aliphatic heterocycles. The van der Waals surface area contributed by atoms with Crippen LogP contribution in [-0.4, -0.2) is 59.8 Å². The zero-order valence-corrected chi connectivity index (χ0v) is 19.4. The highest BCUT2D eigenvalue weighted by Gasteiger charge is 2.19. The Hall–Kier alpha value is -2.75.